The van der Waals surface area contributed by atoms with E-state index < -0.39 is 0 Å². The topological polar surface area (TPSA) is 92.5 Å². The van der Waals surface area contributed by atoms with Gasteiger partial charge in [-0.2, -0.15) is 0 Å². The first-order valence-corrected chi connectivity index (χ1v) is 12.1. The number of halogens is 1. The standard InChI is InChI=1S/C26H29ClN6/c27-20-8-4-7-19(15-20)22(23-16-24(28)30-26-25(23)31-33-32-26)13-14-29-21-11-9-18(10-12-21)17-5-2-1-3-6-17/h1-8,15-16,18,21-22,29H,9-14H2,(H3,28,30,31,32,33)/t18-,21-,22?. The first kappa shape index (κ1) is 21.9. The molecule has 4 aromatic rings. The number of aromatic amines is 1. The fourth-order valence-electron chi connectivity index (χ4n) is 5.16. The second kappa shape index (κ2) is 9.89. The lowest BCUT2D eigenvalue weighted by Gasteiger charge is -2.30. The number of hydrogen-bond acceptors (Lipinski definition) is 5. The predicted octanol–water partition coefficient (Wildman–Crippen LogP) is 5.43. The van der Waals surface area contributed by atoms with Gasteiger partial charge in [0.2, 0.25) is 0 Å². The van der Waals surface area contributed by atoms with E-state index in [9.17, 15) is 0 Å². The highest BCUT2D eigenvalue weighted by Gasteiger charge is 2.24. The normalized spacial score (nSPS) is 19.5. The maximum Gasteiger partial charge on any atom is 0.178 e. The van der Waals surface area contributed by atoms with Gasteiger partial charge in [0, 0.05) is 17.0 Å². The van der Waals surface area contributed by atoms with Crippen LogP contribution < -0.4 is 11.1 Å². The van der Waals surface area contributed by atoms with Crippen LogP contribution >= 0.6 is 11.6 Å². The number of benzene rings is 2. The van der Waals surface area contributed by atoms with Crippen LogP contribution in [0.2, 0.25) is 5.02 Å². The minimum absolute atomic E-state index is 0.0924. The molecule has 0 aliphatic heterocycles. The minimum atomic E-state index is 0.0924. The second-order valence-electron chi connectivity index (χ2n) is 8.95. The molecule has 0 saturated heterocycles. The van der Waals surface area contributed by atoms with Crippen LogP contribution in [0.4, 0.5) is 5.82 Å². The molecular weight excluding hydrogens is 432 g/mol. The van der Waals surface area contributed by atoms with E-state index in [0.717, 1.165) is 34.6 Å². The molecule has 1 aliphatic rings. The van der Waals surface area contributed by atoms with Crippen molar-refractivity contribution in [1.82, 2.24) is 25.7 Å². The molecule has 7 heteroatoms. The van der Waals surface area contributed by atoms with Gasteiger partial charge in [0.15, 0.2) is 5.65 Å². The number of fused-ring (bicyclic) bond motifs is 1. The summed E-state index contributed by atoms with van der Waals surface area (Å²) < 4.78 is 0. The Kier molecular flexibility index (Phi) is 6.55. The van der Waals surface area contributed by atoms with Crippen molar-refractivity contribution < 1.29 is 0 Å². The number of nitrogens with zero attached hydrogens (tertiary/aromatic N) is 3. The molecule has 4 N–H and O–H groups in total. The summed E-state index contributed by atoms with van der Waals surface area (Å²) in [7, 11) is 0. The van der Waals surface area contributed by atoms with E-state index >= 15 is 0 Å². The Morgan fingerprint density at radius 1 is 1.03 bits per heavy atom. The van der Waals surface area contributed by atoms with Gasteiger partial charge < -0.3 is 11.1 Å². The summed E-state index contributed by atoms with van der Waals surface area (Å²) in [5, 5.41) is 15.6. The summed E-state index contributed by atoms with van der Waals surface area (Å²) >= 11 is 6.34. The maximum absolute atomic E-state index is 6.34. The lowest BCUT2D eigenvalue weighted by atomic mass is 9.81. The highest BCUT2D eigenvalue weighted by molar-refractivity contribution is 6.30. The van der Waals surface area contributed by atoms with Crippen molar-refractivity contribution in [2.75, 3.05) is 12.3 Å². The van der Waals surface area contributed by atoms with E-state index in [4.69, 9.17) is 17.3 Å². The SMILES string of the molecule is Nc1cc(C(CCN[C@H]2CC[C@H](c3ccccc3)CC2)c2cccc(Cl)c2)c2nn[nH]c2n1. The number of rotatable bonds is 7. The Labute approximate surface area is 199 Å². The van der Waals surface area contributed by atoms with Gasteiger partial charge in [-0.15, -0.1) is 5.10 Å². The van der Waals surface area contributed by atoms with Crippen LogP contribution in [0.3, 0.4) is 0 Å². The van der Waals surface area contributed by atoms with Crippen LogP contribution in [-0.4, -0.2) is 33.0 Å². The van der Waals surface area contributed by atoms with Crippen LogP contribution in [0.5, 0.6) is 0 Å². The number of pyridine rings is 1. The van der Waals surface area contributed by atoms with Crippen LogP contribution in [0.1, 0.15) is 60.6 Å². The summed E-state index contributed by atoms with van der Waals surface area (Å²) in [6.45, 7) is 0.902. The van der Waals surface area contributed by atoms with E-state index in [-0.39, 0.29) is 5.92 Å². The van der Waals surface area contributed by atoms with Gasteiger partial charge in [-0.25, -0.2) is 10.1 Å². The van der Waals surface area contributed by atoms with Crippen LogP contribution in [0, 0.1) is 0 Å². The zero-order valence-corrected chi connectivity index (χ0v) is 19.3. The molecule has 6 nitrogen and oxygen atoms in total. The number of aromatic nitrogens is 4. The number of nitrogen functional groups attached to an aromatic ring is 1. The summed E-state index contributed by atoms with van der Waals surface area (Å²) in [5.74, 6) is 1.24. The van der Waals surface area contributed by atoms with Crippen molar-refractivity contribution >= 4 is 28.6 Å². The van der Waals surface area contributed by atoms with E-state index in [1.807, 2.05) is 24.3 Å². The maximum atomic E-state index is 6.34. The van der Waals surface area contributed by atoms with Crippen molar-refractivity contribution in [2.24, 2.45) is 0 Å². The van der Waals surface area contributed by atoms with Gasteiger partial charge in [0.1, 0.15) is 11.3 Å². The summed E-state index contributed by atoms with van der Waals surface area (Å²) in [4.78, 5) is 4.33. The monoisotopic (exact) mass is 460 g/mol. The van der Waals surface area contributed by atoms with Gasteiger partial charge in [0.25, 0.3) is 0 Å². The highest BCUT2D eigenvalue weighted by Crippen LogP contribution is 2.35. The van der Waals surface area contributed by atoms with Crippen LogP contribution in [-0.2, 0) is 0 Å². The molecule has 1 saturated carbocycles. The van der Waals surface area contributed by atoms with Crippen LogP contribution in [0.15, 0.2) is 60.7 Å². The molecule has 2 heterocycles. The molecule has 0 radical (unpaired) electrons. The first-order valence-electron chi connectivity index (χ1n) is 11.7. The molecule has 1 unspecified atom stereocenters. The molecule has 0 spiro atoms. The Balaban J connectivity index is 1.28. The molecule has 0 amide bonds. The lowest BCUT2D eigenvalue weighted by molar-refractivity contribution is 0.340. The summed E-state index contributed by atoms with van der Waals surface area (Å²) in [6, 6.07) is 21.4. The van der Waals surface area contributed by atoms with E-state index in [1.165, 1.54) is 31.2 Å². The van der Waals surface area contributed by atoms with Crippen molar-refractivity contribution in [3.63, 3.8) is 0 Å². The molecule has 33 heavy (non-hydrogen) atoms. The Hall–Kier alpha value is -2.96. The van der Waals surface area contributed by atoms with Crippen molar-refractivity contribution in [2.45, 2.75) is 50.0 Å². The number of hydrogen-bond donors (Lipinski definition) is 3. The number of H-pyrrole nitrogens is 1. The molecular formula is C26H29ClN6. The van der Waals surface area contributed by atoms with Gasteiger partial charge in [0.05, 0.1) is 0 Å². The molecule has 170 valence electrons. The zero-order chi connectivity index (χ0) is 22.6. The van der Waals surface area contributed by atoms with Gasteiger partial charge in [-0.3, -0.25) is 0 Å². The fraction of sp³-hybridized carbons (Fsp3) is 0.346. The molecule has 1 fully saturated rings. The number of anilines is 1. The zero-order valence-electron chi connectivity index (χ0n) is 18.5. The van der Waals surface area contributed by atoms with Crippen molar-refractivity contribution in [1.29, 1.82) is 0 Å². The molecule has 1 atom stereocenters. The Morgan fingerprint density at radius 3 is 2.64 bits per heavy atom. The van der Waals surface area contributed by atoms with Gasteiger partial charge in [-0.05, 0) is 79.5 Å². The average Bonchev–Trinajstić information content (AvgIpc) is 3.31. The Bertz CT molecular complexity index is 1200. The summed E-state index contributed by atoms with van der Waals surface area (Å²) in [6.07, 6.45) is 5.79. The summed E-state index contributed by atoms with van der Waals surface area (Å²) in [5.41, 5.74) is 11.1. The Morgan fingerprint density at radius 2 is 1.85 bits per heavy atom. The molecule has 0 bridgehead atoms. The van der Waals surface area contributed by atoms with E-state index in [0.29, 0.717) is 23.4 Å². The number of nitrogens with one attached hydrogen (secondary N) is 2. The lowest BCUT2D eigenvalue weighted by Crippen LogP contribution is -2.34. The highest BCUT2D eigenvalue weighted by atomic mass is 35.5. The average molecular weight is 461 g/mol. The van der Waals surface area contributed by atoms with Crippen LogP contribution in [0.25, 0.3) is 11.2 Å². The quantitative estimate of drug-likeness (QED) is 0.342. The smallest absolute Gasteiger partial charge is 0.178 e. The fourth-order valence-corrected chi connectivity index (χ4v) is 5.36. The largest absolute Gasteiger partial charge is 0.384 e. The van der Waals surface area contributed by atoms with E-state index in [2.05, 4.69) is 62.1 Å². The second-order valence-corrected chi connectivity index (χ2v) is 9.39. The van der Waals surface area contributed by atoms with Gasteiger partial charge in [-0.1, -0.05) is 59.3 Å². The third kappa shape index (κ3) is 5.02. The predicted molar refractivity (Wildman–Crippen MR) is 133 cm³/mol. The molecule has 2 aromatic carbocycles. The molecule has 5 rings (SSSR count). The van der Waals surface area contributed by atoms with Crippen molar-refractivity contribution in [3.05, 3.63) is 82.4 Å². The molecule has 2 aromatic heterocycles. The third-order valence-electron chi connectivity index (χ3n) is 6.84. The van der Waals surface area contributed by atoms with E-state index in [1.54, 1.807) is 0 Å². The van der Waals surface area contributed by atoms with Gasteiger partial charge >= 0.3 is 0 Å². The van der Waals surface area contributed by atoms with Crippen molar-refractivity contribution in [3.8, 4) is 0 Å². The minimum Gasteiger partial charge on any atom is -0.384 e. The number of nitrogens with two attached hydrogens (primary N) is 1. The molecule has 1 aliphatic carbocycles. The first-order chi connectivity index (χ1) is 16.2. The third-order valence-corrected chi connectivity index (χ3v) is 7.07.